The molecule has 0 saturated heterocycles. The molecule has 0 saturated carbocycles. The Morgan fingerprint density at radius 1 is 1.40 bits per heavy atom. The van der Waals surface area contributed by atoms with Gasteiger partial charge in [-0.2, -0.15) is 24.4 Å². The molecule has 0 fully saturated rings. The molecule has 0 aromatic carbocycles. The van der Waals surface area contributed by atoms with Crippen molar-refractivity contribution >= 4 is 42.0 Å². The maximum atomic E-state index is 12.5. The summed E-state index contributed by atoms with van der Waals surface area (Å²) in [6.45, 7) is 4.16. The van der Waals surface area contributed by atoms with Gasteiger partial charge in [0.2, 0.25) is 5.88 Å². The monoisotopic (exact) mass is 458 g/mol. The van der Waals surface area contributed by atoms with Crippen LogP contribution in [0.4, 0.5) is 5.69 Å². The van der Waals surface area contributed by atoms with E-state index in [1.165, 1.54) is 11.8 Å². The molecule has 1 aromatic rings. The Balaban J connectivity index is 2.91. The summed E-state index contributed by atoms with van der Waals surface area (Å²) in [5.41, 5.74) is 7.41. The third-order valence-electron chi connectivity index (χ3n) is 4.38. The average Bonchev–Trinajstić information content (AvgIpc) is 2.73. The Labute approximate surface area is 188 Å². The van der Waals surface area contributed by atoms with E-state index in [4.69, 9.17) is 10.5 Å². The van der Waals surface area contributed by atoms with Crippen LogP contribution < -0.4 is 21.1 Å². The number of nitrogens with zero attached hydrogens (tertiary/aromatic N) is 1. The second-order valence-electron chi connectivity index (χ2n) is 7.02. The molecule has 1 heterocycles. The number of hydrogen-bond acceptors (Lipinski definition) is 8. The van der Waals surface area contributed by atoms with Gasteiger partial charge in [0.25, 0.3) is 5.91 Å². The van der Waals surface area contributed by atoms with Gasteiger partial charge in [-0.1, -0.05) is 13.3 Å². The Kier molecular flexibility index (Phi) is 12.6. The van der Waals surface area contributed by atoms with E-state index in [2.05, 4.69) is 35.2 Å². The van der Waals surface area contributed by atoms with Crippen LogP contribution >= 0.6 is 24.4 Å². The number of carbonyl (C=O) groups excluding carboxylic acids is 1. The number of carbonyl (C=O) groups is 2. The first kappa shape index (κ1) is 26.4. The van der Waals surface area contributed by atoms with Crippen LogP contribution in [0.15, 0.2) is 12.1 Å². The normalized spacial score (nSPS) is 13.9. The van der Waals surface area contributed by atoms with Gasteiger partial charge in [-0.15, -0.1) is 0 Å². The first-order valence-electron chi connectivity index (χ1n) is 10.1. The molecule has 0 bridgehead atoms. The highest BCUT2D eigenvalue weighted by atomic mass is 32.2. The molecular weight excluding hydrogens is 424 g/mol. The number of pyridine rings is 1. The van der Waals surface area contributed by atoms with E-state index in [0.717, 1.165) is 25.0 Å². The molecule has 3 atom stereocenters. The van der Waals surface area contributed by atoms with Crippen LogP contribution in [-0.4, -0.2) is 64.5 Å². The van der Waals surface area contributed by atoms with Gasteiger partial charge in [-0.3, -0.25) is 4.79 Å². The number of ether oxygens (including phenoxy) is 1. The molecule has 1 amide bonds. The molecular formula is C20H34N4O4S2. The van der Waals surface area contributed by atoms with Crippen LogP contribution in [0, 0.1) is 0 Å². The van der Waals surface area contributed by atoms with E-state index in [-0.39, 0.29) is 6.04 Å². The molecule has 8 nitrogen and oxygen atoms in total. The van der Waals surface area contributed by atoms with Crippen LogP contribution in [0.25, 0.3) is 0 Å². The highest BCUT2D eigenvalue weighted by Crippen LogP contribution is 2.24. The van der Waals surface area contributed by atoms with Crippen LogP contribution in [-0.2, 0) is 16.0 Å². The minimum atomic E-state index is -1.06. The van der Waals surface area contributed by atoms with Crippen molar-refractivity contribution in [2.45, 2.75) is 57.7 Å². The number of aliphatic carboxylic acids is 1. The second kappa shape index (κ2) is 14.4. The molecule has 1 aromatic heterocycles. The summed E-state index contributed by atoms with van der Waals surface area (Å²) in [5.74, 6) is -0.105. The fourth-order valence-corrected chi connectivity index (χ4v) is 3.11. The zero-order valence-corrected chi connectivity index (χ0v) is 19.6. The van der Waals surface area contributed by atoms with E-state index in [9.17, 15) is 14.7 Å². The van der Waals surface area contributed by atoms with Gasteiger partial charge < -0.3 is 26.2 Å². The van der Waals surface area contributed by atoms with Crippen LogP contribution in [0.1, 0.15) is 38.8 Å². The quantitative estimate of drug-likeness (QED) is 0.253. The van der Waals surface area contributed by atoms with E-state index < -0.39 is 24.0 Å². The van der Waals surface area contributed by atoms with Crippen molar-refractivity contribution in [3.05, 3.63) is 17.8 Å². The number of rotatable bonds is 15. The molecule has 0 aliphatic rings. The van der Waals surface area contributed by atoms with Crippen molar-refractivity contribution in [2.24, 2.45) is 5.73 Å². The van der Waals surface area contributed by atoms with E-state index >= 15 is 0 Å². The lowest BCUT2D eigenvalue weighted by Gasteiger charge is -2.20. The van der Waals surface area contributed by atoms with Gasteiger partial charge in [-0.05, 0) is 50.3 Å². The zero-order valence-electron chi connectivity index (χ0n) is 17.9. The van der Waals surface area contributed by atoms with Gasteiger partial charge in [0.05, 0.1) is 5.69 Å². The summed E-state index contributed by atoms with van der Waals surface area (Å²) >= 11 is 5.71. The van der Waals surface area contributed by atoms with Gasteiger partial charge in [0.1, 0.15) is 6.04 Å². The summed E-state index contributed by atoms with van der Waals surface area (Å²) in [7, 11) is 0. The van der Waals surface area contributed by atoms with Gasteiger partial charge in [0, 0.05) is 24.0 Å². The van der Waals surface area contributed by atoms with Crippen LogP contribution in [0.3, 0.4) is 0 Å². The number of thiol groups is 1. The number of nitrogens with one attached hydrogen (secondary N) is 2. The summed E-state index contributed by atoms with van der Waals surface area (Å²) in [6, 6.07) is 2.69. The third kappa shape index (κ3) is 9.44. The number of carboxylic acids is 1. The largest absolute Gasteiger partial charge is 0.480 e. The summed E-state index contributed by atoms with van der Waals surface area (Å²) < 4.78 is 5.84. The lowest BCUT2D eigenvalue weighted by molar-refractivity contribution is -0.143. The van der Waals surface area contributed by atoms with Crippen molar-refractivity contribution in [3.63, 3.8) is 0 Å². The van der Waals surface area contributed by atoms with Crippen molar-refractivity contribution in [2.75, 3.05) is 29.6 Å². The van der Waals surface area contributed by atoms with Gasteiger partial charge in [-0.25, -0.2) is 9.78 Å². The van der Waals surface area contributed by atoms with E-state index in [1.54, 1.807) is 6.92 Å². The molecule has 30 heavy (non-hydrogen) atoms. The number of aryl methyl sites for hydroxylation is 1. The topological polar surface area (TPSA) is 127 Å². The summed E-state index contributed by atoms with van der Waals surface area (Å²) in [4.78, 5) is 28.5. The molecule has 0 aliphatic carbocycles. The number of aromatic nitrogens is 1. The Bertz CT molecular complexity index is 678. The lowest BCUT2D eigenvalue weighted by atomic mass is 10.2. The highest BCUT2D eigenvalue weighted by Gasteiger charge is 2.24. The Hall–Kier alpha value is -1.65. The van der Waals surface area contributed by atoms with Crippen LogP contribution in [0.5, 0.6) is 5.88 Å². The van der Waals surface area contributed by atoms with Crippen molar-refractivity contribution < 1.29 is 19.4 Å². The second-order valence-corrected chi connectivity index (χ2v) is 8.37. The highest BCUT2D eigenvalue weighted by molar-refractivity contribution is 7.98. The number of carboxylic acid groups (broad SMARTS) is 1. The van der Waals surface area contributed by atoms with E-state index in [1.807, 2.05) is 18.4 Å². The first-order valence-corrected chi connectivity index (χ1v) is 12.1. The number of amides is 1. The molecule has 3 unspecified atom stereocenters. The maximum Gasteiger partial charge on any atom is 0.326 e. The minimum Gasteiger partial charge on any atom is -0.480 e. The molecule has 5 N–H and O–H groups in total. The first-order chi connectivity index (χ1) is 14.3. The Morgan fingerprint density at radius 2 is 2.13 bits per heavy atom. The SMILES string of the molecule is CCCCc1ccc(NCC(N)CS)c(OC(C)C(=O)NC(CCSC)C(=O)O)n1. The van der Waals surface area contributed by atoms with Crippen molar-refractivity contribution in [1.82, 2.24) is 10.3 Å². The number of nitrogens with two attached hydrogens (primary N) is 1. The van der Waals surface area contributed by atoms with Crippen molar-refractivity contribution in [3.8, 4) is 5.88 Å². The smallest absolute Gasteiger partial charge is 0.326 e. The zero-order chi connectivity index (χ0) is 22.5. The van der Waals surface area contributed by atoms with Crippen LogP contribution in [0.2, 0.25) is 0 Å². The third-order valence-corrected chi connectivity index (χ3v) is 5.49. The van der Waals surface area contributed by atoms with Crippen molar-refractivity contribution in [1.29, 1.82) is 0 Å². The number of unbranched alkanes of at least 4 members (excludes halogenated alkanes) is 1. The Morgan fingerprint density at radius 3 is 2.73 bits per heavy atom. The van der Waals surface area contributed by atoms with Gasteiger partial charge in [0.15, 0.2) is 6.10 Å². The standard InChI is InChI=1S/C20H34N4O4S2/c1-4-5-6-15-7-8-16(22-11-14(21)12-29)19(23-15)28-13(2)18(25)24-17(20(26)27)9-10-30-3/h7-8,13-14,17,22,29H,4-6,9-12,21H2,1-3H3,(H,24,25)(H,26,27). The predicted molar refractivity (Wildman–Crippen MR) is 126 cm³/mol. The molecule has 0 spiro atoms. The molecule has 170 valence electrons. The maximum absolute atomic E-state index is 12.5. The fraction of sp³-hybridized carbons (Fsp3) is 0.650. The summed E-state index contributed by atoms with van der Waals surface area (Å²) in [5, 5.41) is 15.1. The fourth-order valence-electron chi connectivity index (χ4n) is 2.51. The van der Waals surface area contributed by atoms with Gasteiger partial charge >= 0.3 is 5.97 Å². The lowest BCUT2D eigenvalue weighted by Crippen LogP contribution is -2.46. The number of hydrogen-bond donors (Lipinski definition) is 5. The number of thioether (sulfide) groups is 1. The molecule has 10 heteroatoms. The van der Waals surface area contributed by atoms with E-state index in [0.29, 0.717) is 36.0 Å². The molecule has 1 rings (SSSR count). The number of anilines is 1. The summed E-state index contributed by atoms with van der Waals surface area (Å²) in [6.07, 6.45) is 4.16. The average molecular weight is 459 g/mol. The predicted octanol–water partition coefficient (Wildman–Crippen LogP) is 2.18. The molecule has 0 radical (unpaired) electrons. The molecule has 0 aliphatic heterocycles. The minimum absolute atomic E-state index is 0.144.